The van der Waals surface area contributed by atoms with Crippen molar-refractivity contribution in [3.63, 3.8) is 0 Å². The van der Waals surface area contributed by atoms with Crippen LogP contribution >= 0.6 is 23.5 Å². The molecule has 0 aliphatic rings. The van der Waals surface area contributed by atoms with Crippen molar-refractivity contribution in [1.29, 1.82) is 0 Å². The van der Waals surface area contributed by atoms with Gasteiger partial charge in [0.15, 0.2) is 6.61 Å². The van der Waals surface area contributed by atoms with E-state index in [1.807, 2.05) is 36.4 Å². The molecule has 1 amide bonds. The van der Waals surface area contributed by atoms with Crippen LogP contribution in [-0.2, 0) is 9.53 Å². The molecular formula is C20H14N4O3S2. The number of nitrogens with one attached hydrogen (secondary N) is 1. The minimum Gasteiger partial charge on any atom is -0.452 e. The number of hydrogen-bond donors (Lipinski definition) is 1. The van der Waals surface area contributed by atoms with Crippen LogP contribution in [0.1, 0.15) is 10.4 Å². The van der Waals surface area contributed by atoms with Gasteiger partial charge >= 0.3 is 5.97 Å². The molecule has 0 unspecified atom stereocenters. The SMILES string of the molecule is O=C(COC(=O)c1cccnc1Sc1ccccc1)Nc1cccc2nsnc12. The first-order valence-electron chi connectivity index (χ1n) is 8.57. The van der Waals surface area contributed by atoms with E-state index in [1.165, 1.54) is 11.8 Å². The lowest BCUT2D eigenvalue weighted by Crippen LogP contribution is -2.21. The van der Waals surface area contributed by atoms with E-state index in [0.717, 1.165) is 16.6 Å². The number of ether oxygens (including phenoxy) is 1. The largest absolute Gasteiger partial charge is 0.452 e. The first kappa shape index (κ1) is 19.0. The van der Waals surface area contributed by atoms with Crippen LogP contribution in [-0.4, -0.2) is 32.2 Å². The van der Waals surface area contributed by atoms with Crippen molar-refractivity contribution < 1.29 is 14.3 Å². The molecule has 4 rings (SSSR count). The van der Waals surface area contributed by atoms with Crippen molar-refractivity contribution in [3.8, 4) is 0 Å². The summed E-state index contributed by atoms with van der Waals surface area (Å²) in [7, 11) is 0. The zero-order chi connectivity index (χ0) is 20.1. The average molecular weight is 422 g/mol. The van der Waals surface area contributed by atoms with Crippen LogP contribution in [0.3, 0.4) is 0 Å². The Labute approximate surface area is 174 Å². The second-order valence-corrected chi connectivity index (χ2v) is 7.42. The fourth-order valence-electron chi connectivity index (χ4n) is 2.53. The zero-order valence-corrected chi connectivity index (χ0v) is 16.6. The van der Waals surface area contributed by atoms with Crippen LogP contribution in [0.25, 0.3) is 11.0 Å². The molecule has 1 N–H and O–H groups in total. The number of amides is 1. The van der Waals surface area contributed by atoms with Gasteiger partial charge in [-0.05, 0) is 36.4 Å². The van der Waals surface area contributed by atoms with E-state index in [-0.39, 0.29) is 0 Å². The Bertz CT molecular complexity index is 1160. The molecule has 0 saturated carbocycles. The Morgan fingerprint density at radius 1 is 1.00 bits per heavy atom. The van der Waals surface area contributed by atoms with Crippen molar-refractivity contribution in [1.82, 2.24) is 13.7 Å². The predicted molar refractivity (Wildman–Crippen MR) is 111 cm³/mol. The second kappa shape index (κ2) is 8.80. The van der Waals surface area contributed by atoms with Crippen LogP contribution in [0.4, 0.5) is 5.69 Å². The average Bonchev–Trinajstić information content (AvgIpc) is 3.23. The quantitative estimate of drug-likeness (QED) is 0.469. The molecule has 7 nitrogen and oxygen atoms in total. The Morgan fingerprint density at radius 2 is 1.86 bits per heavy atom. The highest BCUT2D eigenvalue weighted by molar-refractivity contribution is 7.99. The number of benzene rings is 2. The Balaban J connectivity index is 1.41. The number of esters is 1. The molecule has 0 saturated heterocycles. The van der Waals surface area contributed by atoms with Gasteiger partial charge in [0, 0.05) is 11.1 Å². The molecule has 0 bridgehead atoms. The summed E-state index contributed by atoms with van der Waals surface area (Å²) in [6.45, 7) is -0.420. The highest BCUT2D eigenvalue weighted by Gasteiger charge is 2.17. The molecule has 0 aliphatic heterocycles. The number of nitrogens with zero attached hydrogens (tertiary/aromatic N) is 3. The molecule has 144 valence electrons. The summed E-state index contributed by atoms with van der Waals surface area (Å²) < 4.78 is 13.5. The van der Waals surface area contributed by atoms with Crippen LogP contribution in [0.2, 0.25) is 0 Å². The summed E-state index contributed by atoms with van der Waals surface area (Å²) in [4.78, 5) is 30.0. The third kappa shape index (κ3) is 4.58. The van der Waals surface area contributed by atoms with Gasteiger partial charge in [0.25, 0.3) is 5.91 Å². The fourth-order valence-corrected chi connectivity index (χ4v) is 3.97. The standard InChI is InChI=1S/C20H14N4O3S2/c25-17(22-15-9-4-10-16-18(15)24-29-23-16)12-27-20(26)14-8-5-11-21-19(14)28-13-6-2-1-3-7-13/h1-11H,12H2,(H,22,25). The van der Waals surface area contributed by atoms with E-state index in [1.54, 1.807) is 30.5 Å². The maximum atomic E-state index is 12.5. The van der Waals surface area contributed by atoms with E-state index < -0.39 is 18.5 Å². The number of anilines is 1. The van der Waals surface area contributed by atoms with Crippen LogP contribution < -0.4 is 5.32 Å². The third-order valence-corrected chi connectivity index (χ3v) is 5.41. The van der Waals surface area contributed by atoms with Gasteiger partial charge in [-0.3, -0.25) is 4.79 Å². The smallest absolute Gasteiger partial charge is 0.341 e. The van der Waals surface area contributed by atoms with E-state index >= 15 is 0 Å². The molecule has 0 fully saturated rings. The van der Waals surface area contributed by atoms with Crippen molar-refractivity contribution in [2.75, 3.05) is 11.9 Å². The number of aromatic nitrogens is 3. The minimum absolute atomic E-state index is 0.306. The number of carbonyl (C=O) groups excluding carboxylic acids is 2. The lowest BCUT2D eigenvalue weighted by atomic mass is 10.2. The van der Waals surface area contributed by atoms with Gasteiger partial charge in [0.05, 0.1) is 23.0 Å². The summed E-state index contributed by atoms with van der Waals surface area (Å²) in [6, 6.07) is 18.2. The molecule has 0 aliphatic carbocycles. The maximum absolute atomic E-state index is 12.5. The summed E-state index contributed by atoms with van der Waals surface area (Å²) in [5.41, 5.74) is 2.13. The van der Waals surface area contributed by atoms with Crippen LogP contribution in [0.15, 0.2) is 76.8 Å². The number of hydrogen-bond acceptors (Lipinski definition) is 8. The monoisotopic (exact) mass is 422 g/mol. The fraction of sp³-hybridized carbons (Fsp3) is 0.0500. The molecule has 0 atom stereocenters. The van der Waals surface area contributed by atoms with Crippen molar-refractivity contribution in [2.45, 2.75) is 9.92 Å². The minimum atomic E-state index is -0.611. The van der Waals surface area contributed by atoms with Crippen LogP contribution in [0.5, 0.6) is 0 Å². The van der Waals surface area contributed by atoms with E-state index in [4.69, 9.17) is 4.74 Å². The number of pyridine rings is 1. The van der Waals surface area contributed by atoms with Gasteiger partial charge in [0.2, 0.25) is 0 Å². The van der Waals surface area contributed by atoms with Gasteiger partial charge in [0.1, 0.15) is 16.1 Å². The first-order valence-corrected chi connectivity index (χ1v) is 10.1. The summed E-state index contributed by atoms with van der Waals surface area (Å²) >= 11 is 2.42. The maximum Gasteiger partial charge on any atom is 0.341 e. The number of fused-ring (bicyclic) bond motifs is 1. The van der Waals surface area contributed by atoms with Gasteiger partial charge < -0.3 is 10.1 Å². The van der Waals surface area contributed by atoms with Gasteiger partial charge in [-0.15, -0.1) is 0 Å². The Kier molecular flexibility index (Phi) is 5.78. The summed E-state index contributed by atoms with van der Waals surface area (Å²) in [5, 5.41) is 3.22. The highest BCUT2D eigenvalue weighted by atomic mass is 32.2. The molecule has 2 heterocycles. The van der Waals surface area contributed by atoms with Crippen molar-refractivity contribution in [3.05, 3.63) is 72.4 Å². The van der Waals surface area contributed by atoms with E-state index in [9.17, 15) is 9.59 Å². The molecule has 4 aromatic rings. The highest BCUT2D eigenvalue weighted by Crippen LogP contribution is 2.28. The zero-order valence-electron chi connectivity index (χ0n) is 14.9. The summed E-state index contributed by atoms with van der Waals surface area (Å²) in [6.07, 6.45) is 1.61. The molecule has 9 heteroatoms. The van der Waals surface area contributed by atoms with Gasteiger partial charge in [-0.25, -0.2) is 9.78 Å². The van der Waals surface area contributed by atoms with Gasteiger partial charge in [-0.1, -0.05) is 36.0 Å². The van der Waals surface area contributed by atoms with Crippen LogP contribution in [0, 0.1) is 0 Å². The molecule has 29 heavy (non-hydrogen) atoms. The first-order chi connectivity index (χ1) is 14.2. The molecule has 2 aromatic heterocycles. The van der Waals surface area contributed by atoms with E-state index in [0.29, 0.717) is 27.3 Å². The summed E-state index contributed by atoms with van der Waals surface area (Å²) in [5.74, 6) is -1.07. The third-order valence-electron chi connectivity index (χ3n) is 3.84. The lowest BCUT2D eigenvalue weighted by molar-refractivity contribution is -0.119. The molecule has 0 spiro atoms. The number of carbonyl (C=O) groups is 2. The molecule has 2 aromatic carbocycles. The lowest BCUT2D eigenvalue weighted by Gasteiger charge is -2.09. The van der Waals surface area contributed by atoms with E-state index in [2.05, 4.69) is 19.0 Å². The van der Waals surface area contributed by atoms with Crippen molar-refractivity contribution >= 4 is 52.1 Å². The molecule has 0 radical (unpaired) electrons. The Hall–Kier alpha value is -3.30. The Morgan fingerprint density at radius 3 is 2.72 bits per heavy atom. The number of rotatable bonds is 6. The normalized spacial score (nSPS) is 10.6. The van der Waals surface area contributed by atoms with Gasteiger partial charge in [-0.2, -0.15) is 8.75 Å². The predicted octanol–water partition coefficient (Wildman–Crippen LogP) is 4.03. The topological polar surface area (TPSA) is 94.1 Å². The molecular weight excluding hydrogens is 408 g/mol. The van der Waals surface area contributed by atoms with Crippen molar-refractivity contribution in [2.24, 2.45) is 0 Å². The second-order valence-electron chi connectivity index (χ2n) is 5.83.